The second kappa shape index (κ2) is 5.95. The Hall–Kier alpha value is -0.650. The maximum Gasteiger partial charge on any atom is 0.130 e. The molecule has 0 radical (unpaired) electrons. The smallest absolute Gasteiger partial charge is 0.130 e. The molecule has 1 rings (SSSR count). The van der Waals surface area contributed by atoms with Gasteiger partial charge in [-0.05, 0) is 22.0 Å². The van der Waals surface area contributed by atoms with Gasteiger partial charge < -0.3 is 15.8 Å². The molecular formula is C9H14BrN3O. The molecule has 0 spiro atoms. The number of methoxy groups -OCH3 is 1. The van der Waals surface area contributed by atoms with Crippen LogP contribution in [-0.2, 0) is 11.3 Å². The number of nitrogens with one attached hydrogen (secondary N) is 1. The van der Waals surface area contributed by atoms with Crippen LogP contribution >= 0.6 is 15.9 Å². The maximum absolute atomic E-state index is 5.59. The molecule has 0 atom stereocenters. The highest BCUT2D eigenvalue weighted by Gasteiger charge is 2.02. The maximum atomic E-state index is 5.59. The van der Waals surface area contributed by atoms with E-state index < -0.39 is 0 Å². The number of hydrogen-bond acceptors (Lipinski definition) is 4. The van der Waals surface area contributed by atoms with Crippen LogP contribution in [0.1, 0.15) is 5.56 Å². The number of nitrogens with zero attached hydrogens (tertiary/aromatic N) is 1. The van der Waals surface area contributed by atoms with Crippen molar-refractivity contribution in [3.63, 3.8) is 0 Å². The van der Waals surface area contributed by atoms with Crippen molar-refractivity contribution in [2.45, 2.75) is 6.54 Å². The van der Waals surface area contributed by atoms with Gasteiger partial charge in [0.05, 0.1) is 6.61 Å². The monoisotopic (exact) mass is 259 g/mol. The number of rotatable bonds is 5. The number of nitrogens with two attached hydrogens (primary N) is 1. The average molecular weight is 260 g/mol. The van der Waals surface area contributed by atoms with Gasteiger partial charge in [-0.15, -0.1) is 0 Å². The molecule has 3 N–H and O–H groups in total. The molecule has 0 fully saturated rings. The van der Waals surface area contributed by atoms with E-state index in [2.05, 4.69) is 26.2 Å². The van der Waals surface area contributed by atoms with Gasteiger partial charge in [-0.2, -0.15) is 0 Å². The van der Waals surface area contributed by atoms with Crippen molar-refractivity contribution in [1.29, 1.82) is 0 Å². The first-order valence-corrected chi connectivity index (χ1v) is 5.14. The highest BCUT2D eigenvalue weighted by atomic mass is 79.9. The summed E-state index contributed by atoms with van der Waals surface area (Å²) in [6, 6.07) is 1.96. The summed E-state index contributed by atoms with van der Waals surface area (Å²) in [5.41, 5.74) is 6.59. The molecule has 0 amide bonds. The van der Waals surface area contributed by atoms with Crippen LogP contribution in [0.2, 0.25) is 0 Å². The predicted molar refractivity (Wildman–Crippen MR) is 60.2 cm³/mol. The standard InChI is InChI=1S/C9H14BrN3O/c1-14-3-2-12-9-7(5-11)4-8(10)6-13-9/h4,6H,2-3,5,11H2,1H3,(H,12,13). The summed E-state index contributed by atoms with van der Waals surface area (Å²) >= 11 is 3.35. The summed E-state index contributed by atoms with van der Waals surface area (Å²) in [4.78, 5) is 4.23. The fourth-order valence-electron chi connectivity index (χ4n) is 1.07. The molecule has 0 bridgehead atoms. The molecule has 0 aliphatic rings. The fourth-order valence-corrected chi connectivity index (χ4v) is 1.45. The van der Waals surface area contributed by atoms with Crippen LogP contribution in [0.5, 0.6) is 0 Å². The summed E-state index contributed by atoms with van der Waals surface area (Å²) in [6.07, 6.45) is 1.74. The Labute approximate surface area is 92.0 Å². The summed E-state index contributed by atoms with van der Waals surface area (Å²) < 4.78 is 5.87. The van der Waals surface area contributed by atoms with Gasteiger partial charge in [0.1, 0.15) is 5.82 Å². The third-order valence-electron chi connectivity index (χ3n) is 1.75. The Morgan fingerprint density at radius 2 is 2.43 bits per heavy atom. The first-order chi connectivity index (χ1) is 6.77. The van der Waals surface area contributed by atoms with Crippen molar-refractivity contribution < 1.29 is 4.74 Å². The van der Waals surface area contributed by atoms with E-state index in [9.17, 15) is 0 Å². The van der Waals surface area contributed by atoms with Crippen molar-refractivity contribution in [3.8, 4) is 0 Å². The molecule has 0 saturated carbocycles. The van der Waals surface area contributed by atoms with Crippen LogP contribution in [0.3, 0.4) is 0 Å². The van der Waals surface area contributed by atoms with E-state index in [1.54, 1.807) is 13.3 Å². The van der Waals surface area contributed by atoms with Crippen molar-refractivity contribution in [1.82, 2.24) is 4.98 Å². The Morgan fingerprint density at radius 3 is 3.07 bits per heavy atom. The van der Waals surface area contributed by atoms with E-state index in [4.69, 9.17) is 10.5 Å². The molecule has 0 aliphatic heterocycles. The Morgan fingerprint density at radius 1 is 1.64 bits per heavy atom. The topological polar surface area (TPSA) is 60.2 Å². The minimum Gasteiger partial charge on any atom is -0.383 e. The number of halogens is 1. The minimum atomic E-state index is 0.474. The molecule has 5 heteroatoms. The van der Waals surface area contributed by atoms with E-state index in [1.165, 1.54) is 0 Å². The van der Waals surface area contributed by atoms with Gasteiger partial charge in [0, 0.05) is 36.4 Å². The summed E-state index contributed by atoms with van der Waals surface area (Å²) in [5.74, 6) is 0.827. The molecule has 78 valence electrons. The molecule has 0 aromatic carbocycles. The molecule has 0 saturated heterocycles. The van der Waals surface area contributed by atoms with Gasteiger partial charge in [-0.1, -0.05) is 0 Å². The molecule has 14 heavy (non-hydrogen) atoms. The molecule has 4 nitrogen and oxygen atoms in total. The predicted octanol–water partition coefficient (Wildman–Crippen LogP) is 1.36. The van der Waals surface area contributed by atoms with E-state index in [-0.39, 0.29) is 0 Å². The van der Waals surface area contributed by atoms with Crippen LogP contribution in [0.4, 0.5) is 5.82 Å². The lowest BCUT2D eigenvalue weighted by Gasteiger charge is -2.09. The van der Waals surface area contributed by atoms with Crippen LogP contribution in [-0.4, -0.2) is 25.2 Å². The fraction of sp³-hybridized carbons (Fsp3) is 0.444. The molecular weight excluding hydrogens is 246 g/mol. The average Bonchev–Trinajstić information content (AvgIpc) is 2.20. The third-order valence-corrected chi connectivity index (χ3v) is 2.19. The van der Waals surface area contributed by atoms with Crippen molar-refractivity contribution in [3.05, 3.63) is 22.3 Å². The number of ether oxygens (including phenoxy) is 1. The Balaban J connectivity index is 2.65. The zero-order chi connectivity index (χ0) is 10.4. The zero-order valence-electron chi connectivity index (χ0n) is 8.09. The molecule has 1 heterocycles. The minimum absolute atomic E-state index is 0.474. The van der Waals surface area contributed by atoms with Gasteiger partial charge in [0.15, 0.2) is 0 Å². The van der Waals surface area contributed by atoms with Crippen LogP contribution in [0, 0.1) is 0 Å². The number of pyridine rings is 1. The normalized spacial score (nSPS) is 10.2. The lowest BCUT2D eigenvalue weighted by molar-refractivity contribution is 0.210. The molecule has 1 aromatic heterocycles. The number of anilines is 1. The van der Waals surface area contributed by atoms with Crippen molar-refractivity contribution in [2.24, 2.45) is 5.73 Å². The van der Waals surface area contributed by atoms with Gasteiger partial charge in [0.2, 0.25) is 0 Å². The first-order valence-electron chi connectivity index (χ1n) is 4.35. The largest absolute Gasteiger partial charge is 0.383 e. The second-order valence-electron chi connectivity index (χ2n) is 2.78. The van der Waals surface area contributed by atoms with Gasteiger partial charge >= 0.3 is 0 Å². The van der Waals surface area contributed by atoms with E-state index in [0.29, 0.717) is 13.2 Å². The van der Waals surface area contributed by atoms with E-state index in [1.807, 2.05) is 6.07 Å². The van der Waals surface area contributed by atoms with E-state index >= 15 is 0 Å². The SMILES string of the molecule is COCCNc1ncc(Br)cc1CN. The highest BCUT2D eigenvalue weighted by Crippen LogP contribution is 2.16. The van der Waals surface area contributed by atoms with E-state index in [0.717, 1.165) is 22.4 Å². The molecule has 1 aromatic rings. The van der Waals surface area contributed by atoms with Gasteiger partial charge in [-0.25, -0.2) is 4.98 Å². The second-order valence-corrected chi connectivity index (χ2v) is 3.70. The quantitative estimate of drug-likeness (QED) is 0.785. The van der Waals surface area contributed by atoms with Gasteiger partial charge in [0.25, 0.3) is 0 Å². The summed E-state index contributed by atoms with van der Waals surface area (Å²) in [7, 11) is 1.67. The first kappa shape index (κ1) is 11.4. The van der Waals surface area contributed by atoms with Crippen molar-refractivity contribution >= 4 is 21.7 Å². The van der Waals surface area contributed by atoms with Gasteiger partial charge in [-0.3, -0.25) is 0 Å². The number of aromatic nitrogens is 1. The lowest BCUT2D eigenvalue weighted by Crippen LogP contribution is -2.12. The van der Waals surface area contributed by atoms with Crippen LogP contribution in [0.15, 0.2) is 16.7 Å². The highest BCUT2D eigenvalue weighted by molar-refractivity contribution is 9.10. The molecule has 0 unspecified atom stereocenters. The van der Waals surface area contributed by atoms with Crippen LogP contribution < -0.4 is 11.1 Å². The molecule has 0 aliphatic carbocycles. The summed E-state index contributed by atoms with van der Waals surface area (Å²) in [6.45, 7) is 1.86. The lowest BCUT2D eigenvalue weighted by atomic mass is 10.2. The summed E-state index contributed by atoms with van der Waals surface area (Å²) in [5, 5.41) is 3.16. The zero-order valence-corrected chi connectivity index (χ0v) is 9.67. The Kier molecular flexibility index (Phi) is 4.86. The number of hydrogen-bond donors (Lipinski definition) is 2. The Bertz CT molecular complexity index is 293. The van der Waals surface area contributed by atoms with Crippen LogP contribution in [0.25, 0.3) is 0 Å². The third kappa shape index (κ3) is 3.25. The van der Waals surface area contributed by atoms with Crippen molar-refractivity contribution in [2.75, 3.05) is 25.6 Å².